The highest BCUT2D eigenvalue weighted by atomic mass is 16.3. The van der Waals surface area contributed by atoms with E-state index in [9.17, 15) is 19.8 Å². The lowest BCUT2D eigenvalue weighted by Gasteiger charge is -2.68. The van der Waals surface area contributed by atoms with Crippen LogP contribution in [0.4, 0.5) is 0 Å². The van der Waals surface area contributed by atoms with E-state index in [0.29, 0.717) is 23.7 Å². The molecule has 3 fully saturated rings. The van der Waals surface area contributed by atoms with Crippen molar-refractivity contribution in [2.24, 2.45) is 28.1 Å². The summed E-state index contributed by atoms with van der Waals surface area (Å²) in [4.78, 5) is 25.8. The highest BCUT2D eigenvalue weighted by Crippen LogP contribution is 2.73. The van der Waals surface area contributed by atoms with Crippen LogP contribution in [0.3, 0.4) is 0 Å². The predicted molar refractivity (Wildman–Crippen MR) is 119 cm³/mol. The average Bonchev–Trinajstić information content (AvgIpc) is 2.70. The molecule has 166 valence electrons. The van der Waals surface area contributed by atoms with E-state index in [4.69, 9.17) is 0 Å². The van der Waals surface area contributed by atoms with Gasteiger partial charge in [0.25, 0.3) is 0 Å². The highest BCUT2D eigenvalue weighted by Gasteiger charge is 2.66. The number of ketones is 2. The van der Waals surface area contributed by atoms with Gasteiger partial charge in [-0.3, -0.25) is 9.59 Å². The van der Waals surface area contributed by atoms with E-state index in [1.807, 2.05) is 6.08 Å². The zero-order valence-electron chi connectivity index (χ0n) is 19.3. The fourth-order valence-electron chi connectivity index (χ4n) is 8.15. The van der Waals surface area contributed by atoms with Gasteiger partial charge in [-0.1, -0.05) is 34.6 Å². The third-order valence-electron chi connectivity index (χ3n) is 10.4. The summed E-state index contributed by atoms with van der Waals surface area (Å²) < 4.78 is 0. The second-order valence-electron chi connectivity index (χ2n) is 11.9. The van der Waals surface area contributed by atoms with Gasteiger partial charge in [-0.25, -0.2) is 0 Å². The highest BCUT2D eigenvalue weighted by molar-refractivity contribution is 6.09. The van der Waals surface area contributed by atoms with Crippen LogP contribution in [-0.4, -0.2) is 21.8 Å². The largest absolute Gasteiger partial charge is 0.504 e. The summed E-state index contributed by atoms with van der Waals surface area (Å²) in [5.41, 5.74) is 2.09. The minimum Gasteiger partial charge on any atom is -0.504 e. The minimum absolute atomic E-state index is 0.0110. The monoisotopic (exact) mass is 422 g/mol. The molecule has 0 aromatic heterocycles. The number of carbonyl (C=O) groups is 2. The molecule has 31 heavy (non-hydrogen) atoms. The summed E-state index contributed by atoms with van der Waals surface area (Å²) in [6, 6.07) is 3.03. The molecule has 4 aliphatic rings. The van der Waals surface area contributed by atoms with Crippen molar-refractivity contribution in [2.75, 3.05) is 0 Å². The van der Waals surface area contributed by atoms with Gasteiger partial charge in [0, 0.05) is 23.3 Å². The van der Waals surface area contributed by atoms with Crippen LogP contribution in [0, 0.1) is 28.1 Å². The van der Waals surface area contributed by atoms with E-state index in [0.717, 1.165) is 37.7 Å². The summed E-state index contributed by atoms with van der Waals surface area (Å²) in [6.07, 6.45) is 7.33. The zero-order chi connectivity index (χ0) is 22.6. The van der Waals surface area contributed by atoms with Crippen LogP contribution >= 0.6 is 0 Å². The number of rotatable bonds is 0. The van der Waals surface area contributed by atoms with Gasteiger partial charge in [0.1, 0.15) is 5.78 Å². The number of phenols is 2. The minimum atomic E-state index is -0.341. The molecule has 6 atom stereocenters. The van der Waals surface area contributed by atoms with Crippen molar-refractivity contribution in [1.29, 1.82) is 0 Å². The molecular formula is C27H34O4. The maximum Gasteiger partial charge on any atom is 0.186 e. The zero-order valence-corrected chi connectivity index (χ0v) is 19.3. The third-order valence-corrected chi connectivity index (χ3v) is 10.4. The van der Waals surface area contributed by atoms with Crippen LogP contribution in [0.1, 0.15) is 89.1 Å². The summed E-state index contributed by atoms with van der Waals surface area (Å²) in [5, 5.41) is 20.2. The smallest absolute Gasteiger partial charge is 0.186 e. The number of hydrogen-bond acceptors (Lipinski definition) is 4. The first-order valence-electron chi connectivity index (χ1n) is 11.7. The predicted octanol–water partition coefficient (Wildman–Crippen LogP) is 5.70. The normalized spacial score (nSPS) is 44.0. The lowest BCUT2D eigenvalue weighted by Crippen LogP contribution is -2.62. The van der Waals surface area contributed by atoms with Crippen molar-refractivity contribution in [3.63, 3.8) is 0 Å². The van der Waals surface area contributed by atoms with Crippen LogP contribution in [0.2, 0.25) is 0 Å². The number of aromatic hydroxyl groups is 2. The summed E-state index contributed by atoms with van der Waals surface area (Å²) in [5.74, 6) is 0.471. The lowest BCUT2D eigenvalue weighted by molar-refractivity contribution is -0.160. The van der Waals surface area contributed by atoms with Crippen molar-refractivity contribution in [3.05, 3.63) is 34.9 Å². The van der Waals surface area contributed by atoms with Gasteiger partial charge in [0.15, 0.2) is 17.3 Å². The Kier molecular flexibility index (Phi) is 4.04. The number of benzene rings is 1. The molecule has 0 bridgehead atoms. The Hall–Kier alpha value is -2.10. The maximum absolute atomic E-state index is 13.2. The SMILES string of the molecule is C[C@@H]1C[C@@H]2[C@@](C)(CC[C@]3(C)C4=CC(=O)c5cc(O)c(O)cc5[C@]4(C)CC[C@@]23C)CC1=O. The number of hydrogen-bond donors (Lipinski definition) is 2. The van der Waals surface area contributed by atoms with E-state index < -0.39 is 0 Å². The van der Waals surface area contributed by atoms with Gasteiger partial charge in [-0.2, -0.15) is 0 Å². The van der Waals surface area contributed by atoms with Crippen LogP contribution in [-0.2, 0) is 10.2 Å². The molecule has 0 amide bonds. The second-order valence-corrected chi connectivity index (χ2v) is 11.9. The molecule has 4 aliphatic carbocycles. The first kappa shape index (κ1) is 20.8. The Bertz CT molecular complexity index is 1050. The first-order valence-corrected chi connectivity index (χ1v) is 11.7. The Labute approximate surface area is 184 Å². The van der Waals surface area contributed by atoms with Crippen molar-refractivity contribution in [3.8, 4) is 11.5 Å². The van der Waals surface area contributed by atoms with Gasteiger partial charge in [0.05, 0.1) is 0 Å². The molecule has 1 aromatic rings. The molecule has 0 saturated heterocycles. The van der Waals surface area contributed by atoms with E-state index in [2.05, 4.69) is 34.6 Å². The molecular weight excluding hydrogens is 388 g/mol. The molecule has 0 unspecified atom stereocenters. The number of carbonyl (C=O) groups excluding carboxylic acids is 2. The third kappa shape index (κ3) is 2.42. The number of fused-ring (bicyclic) bond motifs is 7. The fourth-order valence-corrected chi connectivity index (χ4v) is 8.15. The van der Waals surface area contributed by atoms with E-state index in [1.54, 1.807) is 6.07 Å². The maximum atomic E-state index is 13.2. The topological polar surface area (TPSA) is 74.6 Å². The number of phenolic OH excluding ortho intramolecular Hbond substituents is 2. The van der Waals surface area contributed by atoms with Crippen LogP contribution in [0.5, 0.6) is 11.5 Å². The molecule has 4 nitrogen and oxygen atoms in total. The van der Waals surface area contributed by atoms with Gasteiger partial charge >= 0.3 is 0 Å². The molecule has 0 aliphatic heterocycles. The van der Waals surface area contributed by atoms with Crippen LogP contribution in [0.25, 0.3) is 0 Å². The van der Waals surface area contributed by atoms with E-state index in [1.165, 1.54) is 11.6 Å². The molecule has 0 spiro atoms. The summed E-state index contributed by atoms with van der Waals surface area (Å²) in [7, 11) is 0. The molecule has 5 rings (SSSR count). The van der Waals surface area contributed by atoms with Gasteiger partial charge in [0.2, 0.25) is 0 Å². The first-order chi connectivity index (χ1) is 14.4. The van der Waals surface area contributed by atoms with Crippen molar-refractivity contribution < 1.29 is 19.8 Å². The molecule has 2 N–H and O–H groups in total. The second kappa shape index (κ2) is 6.02. The molecule has 3 saturated carbocycles. The van der Waals surface area contributed by atoms with Gasteiger partial charge in [-0.05, 0) is 83.6 Å². The number of Topliss-reactive ketones (excluding diaryl/α,β-unsaturated/α-hetero) is 1. The molecule has 1 aromatic carbocycles. The van der Waals surface area contributed by atoms with E-state index >= 15 is 0 Å². The number of allylic oxidation sites excluding steroid dienone is 2. The summed E-state index contributed by atoms with van der Waals surface area (Å²) in [6.45, 7) is 11.4. The van der Waals surface area contributed by atoms with Gasteiger partial charge < -0.3 is 10.2 Å². The standard InChI is InChI=1S/C27H34O4/c1-15-10-22-24(2,14-21(15)31)6-8-27(5)23-13-18(28)16-11-19(29)20(30)12-17(16)25(23,3)7-9-26(22,27)4/h11-13,15,22,29-30H,6-10,14H2,1-5H3/t15-,22-,24+,25+,26+,27-/m1/s1. The Morgan fingerprint density at radius 1 is 0.935 bits per heavy atom. The summed E-state index contributed by atoms with van der Waals surface area (Å²) >= 11 is 0. The molecule has 0 heterocycles. The van der Waals surface area contributed by atoms with E-state index in [-0.39, 0.29) is 44.9 Å². The molecule has 4 heteroatoms. The van der Waals surface area contributed by atoms with Crippen LogP contribution in [0.15, 0.2) is 23.8 Å². The quantitative estimate of drug-likeness (QED) is 0.526. The Morgan fingerprint density at radius 2 is 1.61 bits per heavy atom. The average molecular weight is 423 g/mol. The van der Waals surface area contributed by atoms with Crippen molar-refractivity contribution in [2.45, 2.75) is 78.6 Å². The Balaban J connectivity index is 1.66. The van der Waals surface area contributed by atoms with Gasteiger partial charge in [-0.15, -0.1) is 0 Å². The van der Waals surface area contributed by atoms with Crippen molar-refractivity contribution in [1.82, 2.24) is 0 Å². The van der Waals surface area contributed by atoms with Crippen LogP contribution < -0.4 is 0 Å². The lowest BCUT2D eigenvalue weighted by atomic mass is 9.35. The fraction of sp³-hybridized carbons (Fsp3) is 0.630. The van der Waals surface area contributed by atoms with Crippen molar-refractivity contribution >= 4 is 11.6 Å². The Morgan fingerprint density at radius 3 is 2.32 bits per heavy atom. The molecule has 0 radical (unpaired) electrons.